The summed E-state index contributed by atoms with van der Waals surface area (Å²) in [6, 6.07) is 2.68. The molecule has 2 rings (SSSR count). The van der Waals surface area contributed by atoms with Gasteiger partial charge >= 0.3 is 0 Å². The fourth-order valence-corrected chi connectivity index (χ4v) is 3.55. The first kappa shape index (κ1) is 14.6. The molecule has 1 atom stereocenters. The normalized spacial score (nSPS) is 26.3. The van der Waals surface area contributed by atoms with Gasteiger partial charge in [0.15, 0.2) is 0 Å². The maximum atomic E-state index is 5.18. The van der Waals surface area contributed by atoms with Crippen LogP contribution in [-0.2, 0) is 6.42 Å². The number of nitrogens with one attached hydrogen (secondary N) is 1. The monoisotopic (exact) mass is 263 g/mol. The topological polar surface area (TPSA) is 25.2 Å². The Balaban J connectivity index is 1.88. The molecule has 1 aromatic heterocycles. The lowest BCUT2D eigenvalue weighted by molar-refractivity contribution is 0.134. The van der Waals surface area contributed by atoms with Gasteiger partial charge in [0.1, 0.15) is 0 Å². The largest absolute Gasteiger partial charge is 0.472 e. The molecule has 0 amide bonds. The van der Waals surface area contributed by atoms with Gasteiger partial charge in [-0.3, -0.25) is 0 Å². The first-order chi connectivity index (χ1) is 9.00. The van der Waals surface area contributed by atoms with Gasteiger partial charge in [0, 0.05) is 6.04 Å². The predicted molar refractivity (Wildman–Crippen MR) is 80.2 cm³/mol. The van der Waals surface area contributed by atoms with Crippen molar-refractivity contribution >= 4 is 0 Å². The van der Waals surface area contributed by atoms with Crippen molar-refractivity contribution in [1.82, 2.24) is 5.32 Å². The van der Waals surface area contributed by atoms with E-state index in [9.17, 15) is 0 Å². The summed E-state index contributed by atoms with van der Waals surface area (Å²) in [5, 5.41) is 3.52. The van der Waals surface area contributed by atoms with E-state index < -0.39 is 0 Å². The van der Waals surface area contributed by atoms with E-state index in [0.29, 0.717) is 11.5 Å². The van der Waals surface area contributed by atoms with Crippen molar-refractivity contribution in [2.45, 2.75) is 58.9 Å². The van der Waals surface area contributed by atoms with Crippen LogP contribution >= 0.6 is 0 Å². The molecule has 0 radical (unpaired) electrons. The highest BCUT2D eigenvalue weighted by atomic mass is 16.3. The highest BCUT2D eigenvalue weighted by molar-refractivity contribution is 5.08. The lowest BCUT2D eigenvalue weighted by Gasteiger charge is -2.39. The van der Waals surface area contributed by atoms with Crippen LogP contribution in [0.3, 0.4) is 0 Å². The average molecular weight is 263 g/mol. The minimum absolute atomic E-state index is 0.477. The summed E-state index contributed by atoms with van der Waals surface area (Å²) in [7, 11) is 2.10. The predicted octanol–water partition coefficient (Wildman–Crippen LogP) is 4.26. The molecule has 0 bridgehead atoms. The van der Waals surface area contributed by atoms with Crippen LogP contribution in [0.1, 0.15) is 52.0 Å². The second kappa shape index (κ2) is 6.13. The van der Waals surface area contributed by atoms with Crippen molar-refractivity contribution in [3.05, 3.63) is 24.2 Å². The number of likely N-dealkylation sites (N-methyl/N-ethyl adjacent to an activating group) is 1. The Hall–Kier alpha value is -0.760. The average Bonchev–Trinajstić information content (AvgIpc) is 2.88. The first-order valence-electron chi connectivity index (χ1n) is 7.69. The Kier molecular flexibility index (Phi) is 4.72. The van der Waals surface area contributed by atoms with Crippen LogP contribution in [0.15, 0.2) is 23.0 Å². The molecule has 0 saturated heterocycles. The molecule has 1 aromatic rings. The zero-order chi connectivity index (χ0) is 13.9. The molecule has 1 saturated carbocycles. The van der Waals surface area contributed by atoms with Gasteiger partial charge in [-0.15, -0.1) is 0 Å². The molecule has 19 heavy (non-hydrogen) atoms. The molecule has 2 nitrogen and oxygen atoms in total. The Morgan fingerprint density at radius 1 is 1.26 bits per heavy atom. The number of rotatable bonds is 4. The summed E-state index contributed by atoms with van der Waals surface area (Å²) in [5.41, 5.74) is 1.79. The van der Waals surface area contributed by atoms with Crippen LogP contribution in [0.2, 0.25) is 0 Å². The molecule has 1 heterocycles. The van der Waals surface area contributed by atoms with Gasteiger partial charge in [-0.2, -0.15) is 0 Å². The van der Waals surface area contributed by atoms with Crippen LogP contribution < -0.4 is 5.32 Å². The molecule has 1 fully saturated rings. The first-order valence-corrected chi connectivity index (χ1v) is 7.69. The maximum Gasteiger partial charge on any atom is 0.0935 e. The van der Waals surface area contributed by atoms with E-state index in [0.717, 1.165) is 18.3 Å². The molecule has 1 N–H and O–H groups in total. The zero-order valence-electron chi connectivity index (χ0n) is 12.9. The quantitative estimate of drug-likeness (QED) is 0.878. The number of furan rings is 1. The van der Waals surface area contributed by atoms with Gasteiger partial charge in [0.2, 0.25) is 0 Å². The highest BCUT2D eigenvalue weighted by Gasteiger charge is 2.32. The Labute approximate surface area is 118 Å². The summed E-state index contributed by atoms with van der Waals surface area (Å²) < 4.78 is 5.18. The van der Waals surface area contributed by atoms with Crippen molar-refractivity contribution in [3.63, 3.8) is 0 Å². The SMILES string of the molecule is CNC(Cc1ccoc1)C1CCC(C(C)(C)C)CC1. The summed E-state index contributed by atoms with van der Waals surface area (Å²) in [5.74, 6) is 1.72. The third-order valence-corrected chi connectivity index (χ3v) is 4.97. The van der Waals surface area contributed by atoms with Gasteiger partial charge in [-0.1, -0.05) is 20.8 Å². The van der Waals surface area contributed by atoms with Gasteiger partial charge in [-0.05, 0) is 68.0 Å². The van der Waals surface area contributed by atoms with Crippen molar-refractivity contribution < 1.29 is 4.42 Å². The Morgan fingerprint density at radius 3 is 2.42 bits per heavy atom. The molecule has 1 aliphatic rings. The van der Waals surface area contributed by atoms with E-state index in [1.165, 1.54) is 31.2 Å². The number of hydrogen-bond donors (Lipinski definition) is 1. The smallest absolute Gasteiger partial charge is 0.0935 e. The number of hydrogen-bond acceptors (Lipinski definition) is 2. The van der Waals surface area contributed by atoms with Crippen LogP contribution in [0.4, 0.5) is 0 Å². The Morgan fingerprint density at radius 2 is 1.95 bits per heavy atom. The summed E-state index contributed by atoms with van der Waals surface area (Å²) in [6.07, 6.45) is 10.3. The van der Waals surface area contributed by atoms with Gasteiger partial charge in [0.05, 0.1) is 12.5 Å². The van der Waals surface area contributed by atoms with E-state index >= 15 is 0 Å². The minimum Gasteiger partial charge on any atom is -0.472 e. The van der Waals surface area contributed by atoms with Gasteiger partial charge < -0.3 is 9.73 Å². The summed E-state index contributed by atoms with van der Waals surface area (Å²) in [4.78, 5) is 0. The maximum absolute atomic E-state index is 5.18. The fraction of sp³-hybridized carbons (Fsp3) is 0.765. The highest BCUT2D eigenvalue weighted by Crippen LogP contribution is 2.40. The lowest BCUT2D eigenvalue weighted by atomic mass is 9.68. The fourth-order valence-electron chi connectivity index (χ4n) is 3.55. The third-order valence-electron chi connectivity index (χ3n) is 4.97. The molecular formula is C17H29NO. The second-order valence-electron chi connectivity index (χ2n) is 7.21. The second-order valence-corrected chi connectivity index (χ2v) is 7.21. The third kappa shape index (κ3) is 3.85. The van der Waals surface area contributed by atoms with Gasteiger partial charge in [-0.25, -0.2) is 0 Å². The zero-order valence-corrected chi connectivity index (χ0v) is 12.9. The van der Waals surface area contributed by atoms with Crippen molar-refractivity contribution in [3.8, 4) is 0 Å². The van der Waals surface area contributed by atoms with E-state index in [4.69, 9.17) is 4.42 Å². The lowest BCUT2D eigenvalue weighted by Crippen LogP contribution is -2.39. The molecule has 1 aliphatic carbocycles. The standard InChI is InChI=1S/C17H29NO/c1-17(2,3)15-7-5-14(6-8-15)16(18-4)11-13-9-10-19-12-13/h9-10,12,14-16,18H,5-8,11H2,1-4H3. The Bertz CT molecular complexity index is 355. The van der Waals surface area contributed by atoms with E-state index in [2.05, 4.69) is 39.2 Å². The van der Waals surface area contributed by atoms with Crippen molar-refractivity contribution in [2.24, 2.45) is 17.3 Å². The van der Waals surface area contributed by atoms with Crippen molar-refractivity contribution in [1.29, 1.82) is 0 Å². The van der Waals surface area contributed by atoms with E-state index in [1.54, 1.807) is 6.26 Å². The molecule has 2 heteroatoms. The molecule has 108 valence electrons. The van der Waals surface area contributed by atoms with Crippen LogP contribution in [-0.4, -0.2) is 13.1 Å². The van der Waals surface area contributed by atoms with Gasteiger partial charge in [0.25, 0.3) is 0 Å². The summed E-state index contributed by atoms with van der Waals surface area (Å²) in [6.45, 7) is 7.16. The van der Waals surface area contributed by atoms with E-state index in [-0.39, 0.29) is 0 Å². The molecule has 0 spiro atoms. The van der Waals surface area contributed by atoms with Crippen LogP contribution in [0.25, 0.3) is 0 Å². The molecule has 0 aromatic carbocycles. The van der Waals surface area contributed by atoms with Crippen LogP contribution in [0.5, 0.6) is 0 Å². The van der Waals surface area contributed by atoms with E-state index in [1.807, 2.05) is 6.26 Å². The van der Waals surface area contributed by atoms with Crippen molar-refractivity contribution in [2.75, 3.05) is 7.05 Å². The molecular weight excluding hydrogens is 234 g/mol. The summed E-state index contributed by atoms with van der Waals surface area (Å²) >= 11 is 0. The molecule has 0 aliphatic heterocycles. The minimum atomic E-state index is 0.477. The molecule has 1 unspecified atom stereocenters. The van der Waals surface area contributed by atoms with Crippen LogP contribution in [0, 0.1) is 17.3 Å².